The molecule has 5 rings (SSSR count). The molecule has 224 valence electrons. The van der Waals surface area contributed by atoms with Gasteiger partial charge in [-0.05, 0) is 84.6 Å². The number of urea groups is 1. The Morgan fingerprint density at radius 2 is 1.42 bits per heavy atom. The Labute approximate surface area is 252 Å². The number of sulfonamides is 1. The lowest BCUT2D eigenvalue weighted by Crippen LogP contribution is -2.48. The molecular weight excluding hydrogens is 567 g/mol. The molecule has 1 heterocycles. The molecule has 4 aromatic rings. The number of amides is 2. The van der Waals surface area contributed by atoms with E-state index in [1.807, 2.05) is 59.5 Å². The predicted octanol–water partition coefficient (Wildman–Crippen LogP) is 6.69. The second kappa shape index (κ2) is 13.7. The minimum Gasteiger partial charge on any atom is -0.457 e. The molecule has 1 fully saturated rings. The van der Waals surface area contributed by atoms with E-state index >= 15 is 0 Å². The molecule has 1 saturated heterocycles. The van der Waals surface area contributed by atoms with Crippen LogP contribution in [0.3, 0.4) is 0 Å². The highest BCUT2D eigenvalue weighted by atomic mass is 32.2. The number of rotatable bonds is 10. The van der Waals surface area contributed by atoms with Crippen molar-refractivity contribution in [1.29, 1.82) is 0 Å². The van der Waals surface area contributed by atoms with E-state index in [0.29, 0.717) is 29.4 Å². The number of halogens is 1. The first-order valence-corrected chi connectivity index (χ1v) is 16.0. The molecule has 4 aromatic carbocycles. The van der Waals surface area contributed by atoms with Gasteiger partial charge in [-0.3, -0.25) is 9.62 Å². The summed E-state index contributed by atoms with van der Waals surface area (Å²) >= 11 is 0. The van der Waals surface area contributed by atoms with Crippen molar-refractivity contribution in [2.75, 3.05) is 29.4 Å². The van der Waals surface area contributed by atoms with Gasteiger partial charge in [0.05, 0.1) is 6.26 Å². The number of anilines is 2. The summed E-state index contributed by atoms with van der Waals surface area (Å²) in [7, 11) is -3.33. The summed E-state index contributed by atoms with van der Waals surface area (Å²) in [5, 5.41) is 2.94. The van der Waals surface area contributed by atoms with Crippen molar-refractivity contribution in [3.05, 3.63) is 120 Å². The first-order chi connectivity index (χ1) is 20.7. The highest BCUT2D eigenvalue weighted by molar-refractivity contribution is 7.92. The lowest BCUT2D eigenvalue weighted by Gasteiger charge is -2.38. The molecule has 2 N–H and O–H groups in total. The highest BCUT2D eigenvalue weighted by Gasteiger charge is 2.28. The first-order valence-electron chi connectivity index (χ1n) is 14.1. The Morgan fingerprint density at radius 3 is 2.02 bits per heavy atom. The number of benzene rings is 4. The molecule has 0 radical (unpaired) electrons. The smallest absolute Gasteiger partial charge is 0.322 e. The Morgan fingerprint density at radius 1 is 0.837 bits per heavy atom. The minimum absolute atomic E-state index is 0.0757. The van der Waals surface area contributed by atoms with Gasteiger partial charge in [-0.1, -0.05) is 42.5 Å². The Bertz CT molecular complexity index is 1590. The molecule has 10 heteroatoms. The number of ether oxygens (including phenoxy) is 1. The van der Waals surface area contributed by atoms with Gasteiger partial charge in [-0.15, -0.1) is 0 Å². The molecule has 0 saturated carbocycles. The molecule has 2 amide bonds. The van der Waals surface area contributed by atoms with Crippen molar-refractivity contribution < 1.29 is 22.3 Å². The van der Waals surface area contributed by atoms with Crippen molar-refractivity contribution >= 4 is 27.4 Å². The molecule has 0 atom stereocenters. The fourth-order valence-corrected chi connectivity index (χ4v) is 5.69. The third-order valence-corrected chi connectivity index (χ3v) is 7.88. The number of hydrogen-bond donors (Lipinski definition) is 2. The normalized spacial score (nSPS) is 14.2. The summed E-state index contributed by atoms with van der Waals surface area (Å²) in [4.78, 5) is 17.7. The van der Waals surface area contributed by atoms with Crippen molar-refractivity contribution in [2.24, 2.45) is 0 Å². The molecule has 0 bridgehead atoms. The van der Waals surface area contributed by atoms with E-state index in [4.69, 9.17) is 4.74 Å². The van der Waals surface area contributed by atoms with Crippen LogP contribution >= 0.6 is 0 Å². The monoisotopic (exact) mass is 602 g/mol. The number of hydrogen-bond acceptors (Lipinski definition) is 5. The van der Waals surface area contributed by atoms with Gasteiger partial charge in [-0.25, -0.2) is 17.6 Å². The van der Waals surface area contributed by atoms with E-state index in [0.717, 1.165) is 49.9 Å². The maximum absolute atomic E-state index is 13.4. The maximum atomic E-state index is 13.4. The van der Waals surface area contributed by atoms with Crippen LogP contribution in [0.4, 0.5) is 20.6 Å². The summed E-state index contributed by atoms with van der Waals surface area (Å²) in [6.07, 6.45) is 2.79. The zero-order chi connectivity index (χ0) is 30.2. The van der Waals surface area contributed by atoms with Crippen LogP contribution in [0.1, 0.15) is 24.0 Å². The molecular formula is C33H35FN4O4S. The van der Waals surface area contributed by atoms with Gasteiger partial charge in [-0.2, -0.15) is 0 Å². The number of nitrogens with zero attached hydrogens (tertiary/aromatic N) is 2. The fourth-order valence-electron chi connectivity index (χ4n) is 5.13. The molecule has 1 aliphatic heterocycles. The van der Waals surface area contributed by atoms with Crippen LogP contribution in [-0.2, 0) is 23.1 Å². The maximum Gasteiger partial charge on any atom is 0.322 e. The van der Waals surface area contributed by atoms with Crippen LogP contribution in [0.2, 0.25) is 0 Å². The molecule has 0 aliphatic carbocycles. The Balaban J connectivity index is 1.15. The summed E-state index contributed by atoms with van der Waals surface area (Å²) in [5.41, 5.74) is 3.26. The van der Waals surface area contributed by atoms with Gasteiger partial charge < -0.3 is 15.0 Å². The van der Waals surface area contributed by atoms with Gasteiger partial charge in [0.2, 0.25) is 10.0 Å². The van der Waals surface area contributed by atoms with Gasteiger partial charge in [0.25, 0.3) is 0 Å². The Hall–Kier alpha value is -4.41. The van der Waals surface area contributed by atoms with Crippen molar-refractivity contribution in [2.45, 2.75) is 32.0 Å². The van der Waals surface area contributed by atoms with Gasteiger partial charge in [0.1, 0.15) is 17.3 Å². The van der Waals surface area contributed by atoms with E-state index in [9.17, 15) is 17.6 Å². The SMILES string of the molecule is CS(=O)(=O)Nc1ccc(Oc2ccc(CN3CCC(N(Cc4ccccc4)C(=O)Nc4ccc(F)cc4)CC3)cc2)cc1. The van der Waals surface area contributed by atoms with Crippen molar-refractivity contribution in [1.82, 2.24) is 9.80 Å². The number of carbonyl (C=O) groups excluding carboxylic acids is 1. The summed E-state index contributed by atoms with van der Waals surface area (Å²) in [6, 6.07) is 30.3. The molecule has 0 unspecified atom stereocenters. The number of nitrogens with one attached hydrogen (secondary N) is 2. The molecule has 1 aliphatic rings. The van der Waals surface area contributed by atoms with Gasteiger partial charge in [0.15, 0.2) is 0 Å². The molecule has 8 nitrogen and oxygen atoms in total. The third kappa shape index (κ3) is 9.04. The quantitative estimate of drug-likeness (QED) is 0.211. The van der Waals surface area contributed by atoms with E-state index in [-0.39, 0.29) is 17.9 Å². The van der Waals surface area contributed by atoms with E-state index in [1.165, 1.54) is 12.1 Å². The average molecular weight is 603 g/mol. The summed E-state index contributed by atoms with van der Waals surface area (Å²) in [6.45, 7) is 2.99. The second-order valence-electron chi connectivity index (χ2n) is 10.7. The summed E-state index contributed by atoms with van der Waals surface area (Å²) in [5.74, 6) is 0.956. The minimum atomic E-state index is -3.33. The first kappa shape index (κ1) is 30.1. The fraction of sp³-hybridized carbons (Fsp3) is 0.242. The zero-order valence-corrected chi connectivity index (χ0v) is 24.8. The lowest BCUT2D eigenvalue weighted by atomic mass is 10.0. The van der Waals surface area contributed by atoms with Crippen LogP contribution in [0, 0.1) is 5.82 Å². The third-order valence-electron chi connectivity index (χ3n) is 7.27. The highest BCUT2D eigenvalue weighted by Crippen LogP contribution is 2.26. The van der Waals surface area contributed by atoms with Crippen molar-refractivity contribution in [3.8, 4) is 11.5 Å². The van der Waals surface area contributed by atoms with Gasteiger partial charge in [0, 0.05) is 43.6 Å². The topological polar surface area (TPSA) is 91.0 Å². The van der Waals surface area contributed by atoms with E-state index in [1.54, 1.807) is 36.4 Å². The second-order valence-corrected chi connectivity index (χ2v) is 12.5. The number of piperidine rings is 1. The summed E-state index contributed by atoms with van der Waals surface area (Å²) < 4.78 is 44.5. The largest absolute Gasteiger partial charge is 0.457 e. The van der Waals surface area contributed by atoms with Crippen LogP contribution in [-0.4, -0.2) is 49.6 Å². The van der Waals surface area contributed by atoms with Crippen LogP contribution in [0.25, 0.3) is 0 Å². The van der Waals surface area contributed by atoms with Crippen LogP contribution < -0.4 is 14.8 Å². The van der Waals surface area contributed by atoms with Crippen molar-refractivity contribution in [3.63, 3.8) is 0 Å². The number of carbonyl (C=O) groups is 1. The Kier molecular flexibility index (Phi) is 9.58. The molecule has 43 heavy (non-hydrogen) atoms. The van der Waals surface area contributed by atoms with Gasteiger partial charge >= 0.3 is 6.03 Å². The lowest BCUT2D eigenvalue weighted by molar-refractivity contribution is 0.120. The van der Waals surface area contributed by atoms with E-state index < -0.39 is 10.0 Å². The standard InChI is InChI=1S/C33H35FN4O4S/c1-43(40,41)36-29-13-17-32(18-14-29)42-31-15-7-26(8-16-31)23-37-21-19-30(20-22-37)38(24-25-5-3-2-4-6-25)33(39)35-28-11-9-27(34)10-12-28/h2-18,30,36H,19-24H2,1H3,(H,35,39). The number of likely N-dealkylation sites (tertiary alicyclic amines) is 1. The molecule has 0 spiro atoms. The predicted molar refractivity (Wildman–Crippen MR) is 167 cm³/mol. The zero-order valence-electron chi connectivity index (χ0n) is 23.9. The molecule has 0 aromatic heterocycles. The average Bonchev–Trinajstić information content (AvgIpc) is 2.99. The van der Waals surface area contributed by atoms with E-state index in [2.05, 4.69) is 14.9 Å². The van der Waals surface area contributed by atoms with Crippen LogP contribution in [0.5, 0.6) is 11.5 Å². The van der Waals surface area contributed by atoms with Crippen LogP contribution in [0.15, 0.2) is 103 Å².